The molecule has 1 N–H and O–H groups in total. The van der Waals surface area contributed by atoms with Gasteiger partial charge >= 0.3 is 0 Å². The Kier molecular flexibility index (Phi) is 9.03. The molecule has 1 unspecified atom stereocenters. The summed E-state index contributed by atoms with van der Waals surface area (Å²) in [6.45, 7) is 3.19. The Labute approximate surface area is 193 Å². The first-order valence-electron chi connectivity index (χ1n) is 10.1. The second-order valence-corrected chi connectivity index (χ2v) is 9.62. The fourth-order valence-electron chi connectivity index (χ4n) is 3.04. The van der Waals surface area contributed by atoms with Gasteiger partial charge < -0.3 is 10.2 Å². The van der Waals surface area contributed by atoms with E-state index in [0.717, 1.165) is 12.3 Å². The van der Waals surface area contributed by atoms with Gasteiger partial charge in [-0.3, -0.25) is 13.9 Å². The number of hydrogen-bond donors (Lipinski definition) is 1. The molecule has 0 saturated carbocycles. The Hall–Kier alpha value is -2.65. The fourth-order valence-corrected chi connectivity index (χ4v) is 4.08. The van der Waals surface area contributed by atoms with Gasteiger partial charge in [0.2, 0.25) is 21.8 Å². The maximum Gasteiger partial charge on any atom is 0.244 e. The zero-order chi connectivity index (χ0) is 23.9. The molecule has 0 spiro atoms. The van der Waals surface area contributed by atoms with Crippen LogP contribution < -0.4 is 9.62 Å². The summed E-state index contributed by atoms with van der Waals surface area (Å²) in [5.74, 6) is -1.83. The van der Waals surface area contributed by atoms with Gasteiger partial charge in [0.25, 0.3) is 0 Å². The SMILES string of the molecule is CCCNC(=O)C(C)N(Cc1ccccc1Cl)C(=O)CN(c1ccccc1F)S(C)(=O)=O. The molecule has 0 aliphatic heterocycles. The van der Waals surface area contributed by atoms with Crippen LogP contribution in [-0.4, -0.2) is 50.5 Å². The van der Waals surface area contributed by atoms with Crippen LogP contribution in [0.3, 0.4) is 0 Å². The zero-order valence-corrected chi connectivity index (χ0v) is 19.8. The number of nitrogens with zero attached hydrogens (tertiary/aromatic N) is 2. The number of amides is 2. The number of rotatable bonds is 10. The van der Waals surface area contributed by atoms with Crippen molar-refractivity contribution in [2.24, 2.45) is 0 Å². The van der Waals surface area contributed by atoms with Gasteiger partial charge in [0.05, 0.1) is 11.9 Å². The number of carbonyl (C=O) groups excluding carboxylic acids is 2. The topological polar surface area (TPSA) is 86.8 Å². The van der Waals surface area contributed by atoms with E-state index in [0.29, 0.717) is 27.9 Å². The molecule has 7 nitrogen and oxygen atoms in total. The second-order valence-electron chi connectivity index (χ2n) is 7.30. The number of halogens is 2. The molecular weight excluding hydrogens is 457 g/mol. The summed E-state index contributed by atoms with van der Waals surface area (Å²) < 4.78 is 39.8. The van der Waals surface area contributed by atoms with Crippen LogP contribution in [0.1, 0.15) is 25.8 Å². The van der Waals surface area contributed by atoms with Crippen LogP contribution in [0.25, 0.3) is 0 Å². The number of benzene rings is 2. The molecule has 2 aromatic carbocycles. The van der Waals surface area contributed by atoms with E-state index in [-0.39, 0.29) is 18.1 Å². The molecular formula is C22H27ClFN3O4S. The smallest absolute Gasteiger partial charge is 0.244 e. The van der Waals surface area contributed by atoms with Crippen molar-refractivity contribution in [2.45, 2.75) is 32.9 Å². The monoisotopic (exact) mass is 483 g/mol. The molecule has 174 valence electrons. The molecule has 10 heteroatoms. The van der Waals surface area contributed by atoms with Gasteiger partial charge in [0.15, 0.2) is 0 Å². The van der Waals surface area contributed by atoms with Crippen molar-refractivity contribution >= 4 is 39.1 Å². The van der Waals surface area contributed by atoms with E-state index < -0.39 is 34.3 Å². The standard InChI is InChI=1S/C22H27ClFN3O4S/c1-4-13-25-22(29)16(2)26(14-17-9-5-6-10-18(17)23)21(28)15-27(32(3,30)31)20-12-8-7-11-19(20)24/h5-12,16H,4,13-15H2,1-3H3,(H,25,29). The van der Waals surface area contributed by atoms with Crippen LogP contribution in [0.4, 0.5) is 10.1 Å². The summed E-state index contributed by atoms with van der Waals surface area (Å²) in [5, 5.41) is 3.14. The van der Waals surface area contributed by atoms with Gasteiger partial charge in [-0.05, 0) is 37.1 Å². The van der Waals surface area contributed by atoms with Gasteiger partial charge in [-0.2, -0.15) is 0 Å². The summed E-state index contributed by atoms with van der Waals surface area (Å²) in [7, 11) is -3.99. The summed E-state index contributed by atoms with van der Waals surface area (Å²) in [6.07, 6.45) is 1.61. The van der Waals surface area contributed by atoms with Crippen molar-refractivity contribution in [2.75, 3.05) is 23.7 Å². The second kappa shape index (κ2) is 11.3. The van der Waals surface area contributed by atoms with Crippen molar-refractivity contribution in [3.63, 3.8) is 0 Å². The Morgan fingerprint density at radius 3 is 2.34 bits per heavy atom. The van der Waals surface area contributed by atoms with Gasteiger partial charge in [-0.15, -0.1) is 0 Å². The summed E-state index contributed by atoms with van der Waals surface area (Å²) in [5.41, 5.74) is 0.346. The lowest BCUT2D eigenvalue weighted by Gasteiger charge is -2.31. The van der Waals surface area contributed by atoms with Crippen molar-refractivity contribution in [3.8, 4) is 0 Å². The molecule has 0 aromatic heterocycles. The molecule has 0 saturated heterocycles. The highest BCUT2D eigenvalue weighted by molar-refractivity contribution is 7.92. The predicted molar refractivity (Wildman–Crippen MR) is 123 cm³/mol. The largest absolute Gasteiger partial charge is 0.354 e. The minimum absolute atomic E-state index is 0.0197. The van der Waals surface area contributed by atoms with Crippen LogP contribution in [0.5, 0.6) is 0 Å². The molecule has 0 heterocycles. The van der Waals surface area contributed by atoms with Crippen molar-refractivity contribution in [1.29, 1.82) is 0 Å². The minimum atomic E-state index is -3.99. The van der Waals surface area contributed by atoms with E-state index >= 15 is 0 Å². The number of para-hydroxylation sites is 1. The van der Waals surface area contributed by atoms with Crippen LogP contribution in [-0.2, 0) is 26.2 Å². The third-order valence-corrected chi connectivity index (χ3v) is 6.31. The van der Waals surface area contributed by atoms with E-state index in [1.165, 1.54) is 23.1 Å². The quantitative estimate of drug-likeness (QED) is 0.562. The maximum absolute atomic E-state index is 14.3. The predicted octanol–water partition coefficient (Wildman–Crippen LogP) is 3.19. The van der Waals surface area contributed by atoms with Crippen LogP contribution >= 0.6 is 11.6 Å². The molecule has 0 fully saturated rings. The number of hydrogen-bond acceptors (Lipinski definition) is 4. The lowest BCUT2D eigenvalue weighted by atomic mass is 10.1. The minimum Gasteiger partial charge on any atom is -0.354 e. The molecule has 0 aliphatic carbocycles. The van der Waals surface area contributed by atoms with Crippen LogP contribution in [0.2, 0.25) is 5.02 Å². The molecule has 0 radical (unpaired) electrons. The lowest BCUT2D eigenvalue weighted by molar-refractivity contribution is -0.139. The van der Waals surface area contributed by atoms with Crippen LogP contribution in [0.15, 0.2) is 48.5 Å². The van der Waals surface area contributed by atoms with Crippen molar-refractivity contribution in [3.05, 3.63) is 64.9 Å². The molecule has 0 aliphatic rings. The van der Waals surface area contributed by atoms with Gasteiger partial charge in [0.1, 0.15) is 18.4 Å². The van der Waals surface area contributed by atoms with Gasteiger partial charge in [-0.1, -0.05) is 48.9 Å². The fraction of sp³-hybridized carbons (Fsp3) is 0.364. The Balaban J connectivity index is 2.40. The highest BCUT2D eigenvalue weighted by Gasteiger charge is 2.31. The first-order chi connectivity index (χ1) is 15.1. The summed E-state index contributed by atoms with van der Waals surface area (Å²) in [4.78, 5) is 27.1. The molecule has 1 atom stereocenters. The van der Waals surface area contributed by atoms with E-state index in [4.69, 9.17) is 11.6 Å². The third kappa shape index (κ3) is 6.67. The average molecular weight is 484 g/mol. The summed E-state index contributed by atoms with van der Waals surface area (Å²) in [6, 6.07) is 11.2. The molecule has 2 aromatic rings. The normalized spacial score (nSPS) is 12.2. The molecule has 32 heavy (non-hydrogen) atoms. The number of sulfonamides is 1. The Morgan fingerprint density at radius 2 is 1.75 bits per heavy atom. The van der Waals surface area contributed by atoms with Crippen molar-refractivity contribution in [1.82, 2.24) is 10.2 Å². The van der Waals surface area contributed by atoms with E-state index in [9.17, 15) is 22.4 Å². The number of anilines is 1. The van der Waals surface area contributed by atoms with Crippen molar-refractivity contribution < 1.29 is 22.4 Å². The lowest BCUT2D eigenvalue weighted by Crippen LogP contribution is -2.51. The zero-order valence-electron chi connectivity index (χ0n) is 18.2. The van der Waals surface area contributed by atoms with E-state index in [2.05, 4.69) is 5.32 Å². The highest BCUT2D eigenvalue weighted by Crippen LogP contribution is 2.23. The first-order valence-corrected chi connectivity index (χ1v) is 12.3. The Bertz CT molecular complexity index is 1060. The van der Waals surface area contributed by atoms with E-state index in [1.54, 1.807) is 31.2 Å². The van der Waals surface area contributed by atoms with Gasteiger partial charge in [-0.25, -0.2) is 12.8 Å². The number of nitrogens with one attached hydrogen (secondary N) is 1. The summed E-state index contributed by atoms with van der Waals surface area (Å²) >= 11 is 6.24. The number of carbonyl (C=O) groups is 2. The Morgan fingerprint density at radius 1 is 1.12 bits per heavy atom. The third-order valence-electron chi connectivity index (χ3n) is 4.82. The maximum atomic E-state index is 14.3. The van der Waals surface area contributed by atoms with Crippen LogP contribution in [0, 0.1) is 5.82 Å². The average Bonchev–Trinajstić information content (AvgIpc) is 2.74. The van der Waals surface area contributed by atoms with Gasteiger partial charge in [0, 0.05) is 18.1 Å². The van der Waals surface area contributed by atoms with E-state index in [1.807, 2.05) is 6.92 Å². The first kappa shape index (κ1) is 25.6. The molecule has 2 rings (SSSR count). The molecule has 2 amide bonds. The highest BCUT2D eigenvalue weighted by atomic mass is 35.5. The molecule has 0 bridgehead atoms.